The van der Waals surface area contributed by atoms with Crippen LogP contribution in [-0.4, -0.2) is 53.9 Å². The van der Waals surface area contributed by atoms with Crippen LogP contribution in [0.5, 0.6) is 0 Å². The molecule has 8 nitrogen and oxygen atoms in total. The van der Waals surface area contributed by atoms with Gasteiger partial charge in [-0.2, -0.15) is 0 Å². The molecule has 0 bridgehead atoms. The van der Waals surface area contributed by atoms with Crippen molar-refractivity contribution < 1.29 is 9.59 Å². The molecule has 2 aromatic carbocycles. The average Bonchev–Trinajstić information content (AvgIpc) is 2.76. The predicted molar refractivity (Wildman–Crippen MR) is 136 cm³/mol. The number of hydrogen-bond donors (Lipinski definition) is 3. The number of aromatic nitrogens is 2. The van der Waals surface area contributed by atoms with E-state index >= 15 is 0 Å². The van der Waals surface area contributed by atoms with Gasteiger partial charge >= 0.3 is 0 Å². The summed E-state index contributed by atoms with van der Waals surface area (Å²) >= 11 is 2.25. The number of hydrogen-bond acceptors (Lipinski definition) is 6. The van der Waals surface area contributed by atoms with Crippen molar-refractivity contribution in [2.75, 3.05) is 37.8 Å². The van der Waals surface area contributed by atoms with Gasteiger partial charge in [-0.3, -0.25) is 9.59 Å². The first kappa shape index (κ1) is 23.6. The fourth-order valence-corrected chi connectivity index (χ4v) is 3.48. The van der Waals surface area contributed by atoms with E-state index in [1.165, 1.54) is 18.5 Å². The van der Waals surface area contributed by atoms with Crippen molar-refractivity contribution in [3.05, 3.63) is 64.5 Å². The van der Waals surface area contributed by atoms with Crippen LogP contribution in [0.2, 0.25) is 0 Å². The summed E-state index contributed by atoms with van der Waals surface area (Å²) in [4.78, 5) is 34.8. The first-order valence-electron chi connectivity index (χ1n) is 10.1. The lowest BCUT2D eigenvalue weighted by Crippen LogP contribution is -2.25. The minimum absolute atomic E-state index is 0.296. The largest absolute Gasteiger partial charge is 0.353 e. The van der Waals surface area contributed by atoms with Gasteiger partial charge in [0, 0.05) is 39.0 Å². The second-order valence-corrected chi connectivity index (χ2v) is 8.61. The van der Waals surface area contributed by atoms with Crippen LogP contribution in [0.3, 0.4) is 0 Å². The van der Waals surface area contributed by atoms with Gasteiger partial charge in [0.25, 0.3) is 0 Å². The van der Waals surface area contributed by atoms with Crippen LogP contribution in [0.4, 0.5) is 17.2 Å². The molecule has 32 heavy (non-hydrogen) atoms. The number of nitrogens with one attached hydrogen (secondary N) is 3. The quantitative estimate of drug-likeness (QED) is 0.217. The fraction of sp³-hybridized carbons (Fsp3) is 0.217. The van der Waals surface area contributed by atoms with E-state index in [1.807, 2.05) is 49.3 Å². The van der Waals surface area contributed by atoms with Crippen molar-refractivity contribution in [2.45, 2.75) is 6.42 Å². The zero-order valence-corrected chi connectivity index (χ0v) is 20.1. The fourth-order valence-electron chi connectivity index (χ4n) is 2.94. The molecular formula is C23H25IN6O2. The molecule has 0 aliphatic heterocycles. The topological polar surface area (TPSA) is 99.3 Å². The van der Waals surface area contributed by atoms with Crippen LogP contribution in [0.25, 0.3) is 10.9 Å². The third-order valence-electron chi connectivity index (χ3n) is 4.46. The summed E-state index contributed by atoms with van der Waals surface area (Å²) in [5.41, 5.74) is 2.24. The van der Waals surface area contributed by atoms with Crippen molar-refractivity contribution in [3.63, 3.8) is 0 Å². The smallest absolute Gasteiger partial charge is 0.248 e. The molecule has 1 aromatic heterocycles. The maximum Gasteiger partial charge on any atom is 0.248 e. The molecule has 9 heteroatoms. The van der Waals surface area contributed by atoms with Crippen LogP contribution in [0.1, 0.15) is 6.42 Å². The normalized spacial score (nSPS) is 11.1. The van der Waals surface area contributed by atoms with E-state index in [4.69, 9.17) is 0 Å². The van der Waals surface area contributed by atoms with E-state index in [2.05, 4.69) is 48.5 Å². The number of benzene rings is 2. The number of rotatable bonds is 9. The molecule has 166 valence electrons. The highest BCUT2D eigenvalue weighted by Crippen LogP contribution is 2.26. The van der Waals surface area contributed by atoms with E-state index in [1.54, 1.807) is 12.1 Å². The van der Waals surface area contributed by atoms with Gasteiger partial charge in [0.1, 0.15) is 12.1 Å². The van der Waals surface area contributed by atoms with E-state index in [0.717, 1.165) is 33.1 Å². The minimum atomic E-state index is -0.392. The minimum Gasteiger partial charge on any atom is -0.353 e. The van der Waals surface area contributed by atoms with Gasteiger partial charge in [0.15, 0.2) is 0 Å². The van der Waals surface area contributed by atoms with Crippen molar-refractivity contribution >= 4 is 62.5 Å². The summed E-state index contributed by atoms with van der Waals surface area (Å²) in [6.07, 6.45) is 4.80. The SMILES string of the molecule is CN(C)CCCNC(=O)C=CC(=O)Nc1ccc2ncnc(Nc3cccc(I)c3)c2c1. The van der Waals surface area contributed by atoms with Gasteiger partial charge in [-0.15, -0.1) is 0 Å². The zero-order valence-electron chi connectivity index (χ0n) is 17.9. The third kappa shape index (κ3) is 7.27. The lowest BCUT2D eigenvalue weighted by atomic mass is 10.2. The van der Waals surface area contributed by atoms with E-state index in [9.17, 15) is 9.59 Å². The van der Waals surface area contributed by atoms with Crippen LogP contribution in [0, 0.1) is 3.57 Å². The molecule has 1 heterocycles. The van der Waals surface area contributed by atoms with Crippen LogP contribution in [-0.2, 0) is 9.59 Å². The predicted octanol–water partition coefficient (Wildman–Crippen LogP) is 3.54. The molecule has 0 aliphatic rings. The number of carbonyl (C=O) groups is 2. The lowest BCUT2D eigenvalue weighted by molar-refractivity contribution is -0.117. The summed E-state index contributed by atoms with van der Waals surface area (Å²) in [6, 6.07) is 13.3. The van der Waals surface area contributed by atoms with E-state index in [-0.39, 0.29) is 5.91 Å². The molecule has 0 atom stereocenters. The Morgan fingerprint density at radius 3 is 2.62 bits per heavy atom. The number of fused-ring (bicyclic) bond motifs is 1. The van der Waals surface area contributed by atoms with Crippen LogP contribution < -0.4 is 16.0 Å². The number of halogens is 1. The Kier molecular flexibility index (Phi) is 8.51. The molecule has 0 unspecified atom stereocenters. The Hall–Kier alpha value is -3.05. The highest BCUT2D eigenvalue weighted by atomic mass is 127. The highest BCUT2D eigenvalue weighted by Gasteiger charge is 2.07. The summed E-state index contributed by atoms with van der Waals surface area (Å²) in [7, 11) is 3.96. The van der Waals surface area contributed by atoms with Crippen molar-refractivity contribution in [3.8, 4) is 0 Å². The van der Waals surface area contributed by atoms with Crippen molar-refractivity contribution in [1.82, 2.24) is 20.2 Å². The molecule has 0 fully saturated rings. The molecule has 0 spiro atoms. The molecule has 0 saturated carbocycles. The van der Waals surface area contributed by atoms with Crippen molar-refractivity contribution in [1.29, 1.82) is 0 Å². The molecule has 3 rings (SSSR count). The van der Waals surface area contributed by atoms with Gasteiger partial charge < -0.3 is 20.9 Å². The van der Waals surface area contributed by atoms with Gasteiger partial charge in [0.05, 0.1) is 5.52 Å². The standard InChI is InChI=1S/C23H25IN6O2/c1-30(2)12-4-11-25-21(31)9-10-22(32)28-18-7-8-20-19(14-18)23(27-15-26-20)29-17-6-3-5-16(24)13-17/h3,5-10,13-15H,4,11-12H2,1-2H3,(H,25,31)(H,28,32)(H,26,27,29). The maximum atomic E-state index is 12.3. The Labute approximate surface area is 200 Å². The number of anilines is 3. The Morgan fingerprint density at radius 2 is 1.84 bits per heavy atom. The maximum absolute atomic E-state index is 12.3. The van der Waals surface area contributed by atoms with Crippen LogP contribution >= 0.6 is 22.6 Å². The number of carbonyl (C=O) groups excluding carboxylic acids is 2. The first-order valence-corrected chi connectivity index (χ1v) is 11.2. The second-order valence-electron chi connectivity index (χ2n) is 7.36. The molecule has 2 amide bonds. The number of amides is 2. The number of nitrogens with zero attached hydrogens (tertiary/aromatic N) is 3. The van der Waals surface area contributed by atoms with Crippen LogP contribution in [0.15, 0.2) is 60.9 Å². The Balaban J connectivity index is 1.64. The summed E-state index contributed by atoms with van der Waals surface area (Å²) in [6.45, 7) is 1.44. The summed E-state index contributed by atoms with van der Waals surface area (Å²) in [5, 5.41) is 9.60. The molecule has 3 N–H and O–H groups in total. The monoisotopic (exact) mass is 544 g/mol. The molecule has 0 radical (unpaired) electrons. The van der Waals surface area contributed by atoms with Gasteiger partial charge in [-0.05, 0) is 86.0 Å². The highest BCUT2D eigenvalue weighted by molar-refractivity contribution is 14.1. The molecule has 0 saturated heterocycles. The summed E-state index contributed by atoms with van der Waals surface area (Å²) < 4.78 is 1.10. The molecular weight excluding hydrogens is 519 g/mol. The zero-order chi connectivity index (χ0) is 22.9. The second kappa shape index (κ2) is 11.5. The van der Waals surface area contributed by atoms with Gasteiger partial charge in [-0.25, -0.2) is 9.97 Å². The Morgan fingerprint density at radius 1 is 1.03 bits per heavy atom. The van der Waals surface area contributed by atoms with E-state index in [0.29, 0.717) is 18.1 Å². The lowest BCUT2D eigenvalue weighted by Gasteiger charge is -2.10. The third-order valence-corrected chi connectivity index (χ3v) is 5.13. The van der Waals surface area contributed by atoms with E-state index < -0.39 is 5.91 Å². The Bertz CT molecular complexity index is 1130. The molecule has 3 aromatic rings. The summed E-state index contributed by atoms with van der Waals surface area (Å²) in [5.74, 6) is -0.0488. The first-order chi connectivity index (χ1) is 15.4. The molecule has 0 aliphatic carbocycles. The van der Waals surface area contributed by atoms with Gasteiger partial charge in [-0.1, -0.05) is 6.07 Å². The average molecular weight is 544 g/mol. The van der Waals surface area contributed by atoms with Gasteiger partial charge in [0.2, 0.25) is 11.8 Å². The van der Waals surface area contributed by atoms with Crippen molar-refractivity contribution in [2.24, 2.45) is 0 Å².